The number of hydrogen-bond acceptors (Lipinski definition) is 3. The van der Waals surface area contributed by atoms with E-state index in [2.05, 4.69) is 15.3 Å². The summed E-state index contributed by atoms with van der Waals surface area (Å²) in [6.45, 7) is 7.78. The van der Waals surface area contributed by atoms with Crippen molar-refractivity contribution in [2.45, 2.75) is 45.2 Å². The topological polar surface area (TPSA) is 77.9 Å². The number of anilines is 1. The summed E-state index contributed by atoms with van der Waals surface area (Å²) in [5.74, 6) is -0.133. The lowest BCUT2D eigenvalue weighted by molar-refractivity contribution is -0.111. The SMILES string of the molecule is CC(C)(N=[N+]=[N-])C1c2cc(Cl)ccc2NC(C=O)C1(C)C. The van der Waals surface area contributed by atoms with Crippen molar-refractivity contribution in [3.05, 3.63) is 39.2 Å². The Morgan fingerprint density at radius 3 is 2.71 bits per heavy atom. The Kier molecular flexibility index (Phi) is 3.91. The van der Waals surface area contributed by atoms with Crippen LogP contribution in [0.15, 0.2) is 23.3 Å². The molecule has 0 aliphatic carbocycles. The molecule has 5 nitrogen and oxygen atoms in total. The van der Waals surface area contributed by atoms with E-state index in [1.807, 2.05) is 39.8 Å². The first-order chi connectivity index (χ1) is 9.74. The molecule has 1 N–H and O–H groups in total. The van der Waals surface area contributed by atoms with Crippen LogP contribution < -0.4 is 5.32 Å². The largest absolute Gasteiger partial charge is 0.375 e. The van der Waals surface area contributed by atoms with E-state index in [0.717, 1.165) is 17.5 Å². The van der Waals surface area contributed by atoms with Crippen molar-refractivity contribution in [3.63, 3.8) is 0 Å². The predicted octanol–water partition coefficient (Wildman–Crippen LogP) is 4.53. The first kappa shape index (κ1) is 15.7. The summed E-state index contributed by atoms with van der Waals surface area (Å²) >= 11 is 6.13. The molecule has 1 aromatic rings. The second kappa shape index (κ2) is 5.24. The number of hydrogen-bond donors (Lipinski definition) is 1. The first-order valence-corrected chi connectivity index (χ1v) is 7.19. The number of azide groups is 1. The van der Waals surface area contributed by atoms with Crippen LogP contribution in [0.3, 0.4) is 0 Å². The van der Waals surface area contributed by atoms with Gasteiger partial charge in [-0.15, -0.1) is 0 Å². The lowest BCUT2D eigenvalue weighted by atomic mass is 9.61. The van der Waals surface area contributed by atoms with E-state index in [-0.39, 0.29) is 12.0 Å². The van der Waals surface area contributed by atoms with Gasteiger partial charge in [-0.05, 0) is 34.7 Å². The Hall–Kier alpha value is -1.71. The maximum atomic E-state index is 11.5. The molecule has 0 fully saturated rings. The number of nitrogens with zero attached hydrogens (tertiary/aromatic N) is 3. The fourth-order valence-corrected chi connectivity index (χ4v) is 3.69. The number of benzene rings is 1. The predicted molar refractivity (Wildman–Crippen MR) is 84.7 cm³/mol. The van der Waals surface area contributed by atoms with Crippen LogP contribution in [-0.2, 0) is 4.79 Å². The second-order valence-electron chi connectivity index (χ2n) is 6.59. The Morgan fingerprint density at radius 2 is 2.14 bits per heavy atom. The molecule has 0 spiro atoms. The van der Waals surface area contributed by atoms with Crippen molar-refractivity contribution in [1.82, 2.24) is 0 Å². The van der Waals surface area contributed by atoms with Gasteiger partial charge in [-0.3, -0.25) is 0 Å². The average molecular weight is 307 g/mol. The Labute approximate surface area is 129 Å². The van der Waals surface area contributed by atoms with Crippen LogP contribution in [-0.4, -0.2) is 17.9 Å². The molecule has 1 aliphatic heterocycles. The summed E-state index contributed by atoms with van der Waals surface area (Å²) in [5.41, 5.74) is 9.61. The molecular weight excluding hydrogens is 288 g/mol. The Balaban J connectivity index is 2.71. The minimum atomic E-state index is -0.680. The normalized spacial score (nSPS) is 23.5. The van der Waals surface area contributed by atoms with Crippen LogP contribution in [0.2, 0.25) is 5.02 Å². The van der Waals surface area contributed by atoms with Crippen molar-refractivity contribution in [1.29, 1.82) is 0 Å². The van der Waals surface area contributed by atoms with E-state index >= 15 is 0 Å². The lowest BCUT2D eigenvalue weighted by Gasteiger charge is -2.50. The van der Waals surface area contributed by atoms with E-state index in [4.69, 9.17) is 17.1 Å². The lowest BCUT2D eigenvalue weighted by Crippen LogP contribution is -2.51. The van der Waals surface area contributed by atoms with E-state index < -0.39 is 11.0 Å². The van der Waals surface area contributed by atoms with Crippen LogP contribution in [0.1, 0.15) is 39.2 Å². The van der Waals surface area contributed by atoms with Gasteiger partial charge in [0, 0.05) is 21.5 Å². The van der Waals surface area contributed by atoms with Crippen molar-refractivity contribution >= 4 is 23.6 Å². The molecule has 21 heavy (non-hydrogen) atoms. The molecule has 1 aliphatic rings. The van der Waals surface area contributed by atoms with Gasteiger partial charge in [0.2, 0.25) is 0 Å². The van der Waals surface area contributed by atoms with Gasteiger partial charge in [-0.1, -0.05) is 44.4 Å². The van der Waals surface area contributed by atoms with Gasteiger partial charge >= 0.3 is 0 Å². The third-order valence-electron chi connectivity index (χ3n) is 4.33. The van der Waals surface area contributed by atoms with Crippen LogP contribution in [0.25, 0.3) is 10.4 Å². The van der Waals surface area contributed by atoms with Gasteiger partial charge in [-0.2, -0.15) is 0 Å². The highest BCUT2D eigenvalue weighted by atomic mass is 35.5. The number of rotatable bonds is 3. The van der Waals surface area contributed by atoms with Gasteiger partial charge in [-0.25, -0.2) is 0 Å². The molecule has 0 radical (unpaired) electrons. The van der Waals surface area contributed by atoms with Crippen LogP contribution >= 0.6 is 11.6 Å². The fraction of sp³-hybridized carbons (Fsp3) is 0.533. The molecule has 0 saturated heterocycles. The number of fused-ring (bicyclic) bond motifs is 1. The summed E-state index contributed by atoms with van der Waals surface area (Å²) < 4.78 is 0. The van der Waals surface area contributed by atoms with Gasteiger partial charge in [0.05, 0.1) is 11.6 Å². The molecular formula is C15H19ClN4O. The first-order valence-electron chi connectivity index (χ1n) is 6.81. The molecule has 0 saturated carbocycles. The molecule has 0 bridgehead atoms. The summed E-state index contributed by atoms with van der Waals surface area (Å²) in [6.07, 6.45) is 0.913. The minimum Gasteiger partial charge on any atom is -0.375 e. The minimum absolute atomic E-state index is 0.133. The van der Waals surface area contributed by atoms with Gasteiger partial charge < -0.3 is 10.1 Å². The van der Waals surface area contributed by atoms with Crippen molar-refractivity contribution in [2.75, 3.05) is 5.32 Å². The maximum absolute atomic E-state index is 11.5. The molecule has 1 aromatic carbocycles. The zero-order valence-electron chi connectivity index (χ0n) is 12.6. The summed E-state index contributed by atoms with van der Waals surface area (Å²) in [5, 5.41) is 7.84. The highest BCUT2D eigenvalue weighted by Gasteiger charge is 2.49. The smallest absolute Gasteiger partial charge is 0.142 e. The van der Waals surface area contributed by atoms with Gasteiger partial charge in [0.15, 0.2) is 0 Å². The van der Waals surface area contributed by atoms with Crippen LogP contribution in [0.4, 0.5) is 5.69 Å². The number of carbonyl (C=O) groups excluding carboxylic acids is 1. The molecule has 0 amide bonds. The fourth-order valence-electron chi connectivity index (χ4n) is 3.51. The van der Waals surface area contributed by atoms with Gasteiger partial charge in [0.1, 0.15) is 6.29 Å². The Bertz CT molecular complexity index is 620. The Morgan fingerprint density at radius 1 is 1.48 bits per heavy atom. The van der Waals surface area contributed by atoms with Crippen LogP contribution in [0.5, 0.6) is 0 Å². The summed E-state index contributed by atoms with van der Waals surface area (Å²) in [6, 6.07) is 5.17. The quantitative estimate of drug-likeness (QED) is 0.385. The van der Waals surface area contributed by atoms with Crippen molar-refractivity contribution in [3.8, 4) is 0 Å². The van der Waals surface area contributed by atoms with Crippen molar-refractivity contribution in [2.24, 2.45) is 10.5 Å². The summed E-state index contributed by atoms with van der Waals surface area (Å²) in [4.78, 5) is 14.5. The van der Waals surface area contributed by atoms with E-state index in [9.17, 15) is 4.79 Å². The number of halogens is 1. The summed E-state index contributed by atoms with van der Waals surface area (Å²) in [7, 11) is 0. The van der Waals surface area contributed by atoms with E-state index in [1.54, 1.807) is 6.07 Å². The zero-order chi connectivity index (χ0) is 15.8. The zero-order valence-corrected chi connectivity index (χ0v) is 13.3. The third kappa shape index (κ3) is 2.59. The van der Waals surface area contributed by atoms with Gasteiger partial charge in [0.25, 0.3) is 0 Å². The highest BCUT2D eigenvalue weighted by Crippen LogP contribution is 2.52. The number of nitrogens with one attached hydrogen (secondary N) is 1. The van der Waals surface area contributed by atoms with Crippen LogP contribution in [0, 0.1) is 5.41 Å². The van der Waals surface area contributed by atoms with E-state index in [0.29, 0.717) is 5.02 Å². The second-order valence-corrected chi connectivity index (χ2v) is 7.02. The third-order valence-corrected chi connectivity index (χ3v) is 4.56. The molecule has 112 valence electrons. The molecule has 2 unspecified atom stereocenters. The monoisotopic (exact) mass is 306 g/mol. The molecule has 1 heterocycles. The standard InChI is InChI=1S/C15H19ClN4O/c1-14(2)12(8-21)18-11-6-5-9(16)7-10(11)13(14)15(3,4)19-20-17/h5-8,12-13,18H,1-4H3. The van der Waals surface area contributed by atoms with Crippen molar-refractivity contribution < 1.29 is 4.79 Å². The molecule has 2 rings (SSSR count). The molecule has 0 aromatic heterocycles. The molecule has 6 heteroatoms. The number of carbonyl (C=O) groups is 1. The highest BCUT2D eigenvalue weighted by molar-refractivity contribution is 6.30. The average Bonchev–Trinajstić information content (AvgIpc) is 2.36. The maximum Gasteiger partial charge on any atom is 0.142 e. The number of aldehydes is 1. The molecule has 2 atom stereocenters. The van der Waals surface area contributed by atoms with E-state index in [1.165, 1.54) is 0 Å².